The van der Waals surface area contributed by atoms with Gasteiger partial charge >= 0.3 is 0 Å². The smallest absolute Gasteiger partial charge is 0.227 e. The number of halogens is 1. The minimum Gasteiger partial charge on any atom is -0.378 e. The van der Waals surface area contributed by atoms with E-state index < -0.39 is 29.2 Å². The highest BCUT2D eigenvalue weighted by molar-refractivity contribution is 7.90. The van der Waals surface area contributed by atoms with Gasteiger partial charge in [-0.1, -0.05) is 13.8 Å². The van der Waals surface area contributed by atoms with Crippen molar-refractivity contribution in [3.63, 3.8) is 0 Å². The van der Waals surface area contributed by atoms with Crippen molar-refractivity contribution in [2.24, 2.45) is 5.92 Å². The number of aromatic nitrogens is 3. The van der Waals surface area contributed by atoms with Gasteiger partial charge in [-0.2, -0.15) is 10.2 Å². The molecule has 41 heavy (non-hydrogen) atoms. The Bertz CT molecular complexity index is 1700. The van der Waals surface area contributed by atoms with Crippen LogP contribution in [0.25, 0.3) is 10.8 Å². The Morgan fingerprint density at radius 3 is 2.73 bits per heavy atom. The third-order valence-electron chi connectivity index (χ3n) is 7.99. The minimum absolute atomic E-state index is 0.0234. The number of hydrogen-bond donors (Lipinski definition) is 1. The van der Waals surface area contributed by atoms with E-state index in [1.54, 1.807) is 23.4 Å². The average molecular weight is 585 g/mol. The predicted molar refractivity (Wildman–Crippen MR) is 158 cm³/mol. The standard InChI is InChI=1S/C29H36FN7O3S/c1-17(2)21-10-19(12-31)28(37-14-20(18(37)3)16-41(5,38)39)23-13-33-27(11-22(21)23)34-26-6-8-32-29(35-26)36-9-7-25(40-4)24(30)15-36/h6,8,10-11,13,17-18,20,24-25H,7,9,14-16H2,1-5H3,(H,32,33,34,35)/t18-,20-,24+,25-/m1/s1/i4D3. The molecule has 0 amide bonds. The summed E-state index contributed by atoms with van der Waals surface area (Å²) in [7, 11) is -5.79. The molecule has 0 saturated carbocycles. The molecule has 0 aliphatic carbocycles. The lowest BCUT2D eigenvalue weighted by atomic mass is 9.87. The van der Waals surface area contributed by atoms with E-state index in [9.17, 15) is 18.1 Å². The van der Waals surface area contributed by atoms with E-state index in [1.807, 2.05) is 19.1 Å². The van der Waals surface area contributed by atoms with Crippen LogP contribution in [0.1, 0.15) is 48.3 Å². The van der Waals surface area contributed by atoms with E-state index >= 15 is 0 Å². The number of rotatable bonds is 8. The number of alkyl halides is 1. The fourth-order valence-corrected chi connectivity index (χ4v) is 6.89. The lowest BCUT2D eigenvalue weighted by Crippen LogP contribution is -2.57. The van der Waals surface area contributed by atoms with Crippen molar-refractivity contribution in [1.29, 1.82) is 5.26 Å². The van der Waals surface area contributed by atoms with Gasteiger partial charge in [-0.3, -0.25) is 0 Å². The molecule has 1 aromatic carbocycles. The summed E-state index contributed by atoms with van der Waals surface area (Å²) in [5.74, 6) is 1.44. The van der Waals surface area contributed by atoms with E-state index in [1.165, 1.54) is 6.26 Å². The molecule has 0 bridgehead atoms. The Morgan fingerprint density at radius 2 is 2.07 bits per heavy atom. The highest BCUT2D eigenvalue weighted by Gasteiger charge is 2.39. The number of sulfone groups is 1. The van der Waals surface area contributed by atoms with E-state index in [0.29, 0.717) is 36.2 Å². The number of anilines is 4. The maximum Gasteiger partial charge on any atom is 0.227 e. The number of piperidine rings is 1. The van der Waals surface area contributed by atoms with Crippen molar-refractivity contribution in [2.75, 3.05) is 53.8 Å². The molecule has 4 heterocycles. The fraction of sp³-hybridized carbons (Fsp3) is 0.517. The number of nitrogens with one attached hydrogen (secondary N) is 1. The van der Waals surface area contributed by atoms with Gasteiger partial charge in [0.15, 0.2) is 0 Å². The van der Waals surface area contributed by atoms with Gasteiger partial charge in [0.25, 0.3) is 0 Å². The molecular formula is C29H36FN7O3S. The molecule has 0 unspecified atom stereocenters. The molecule has 2 aliphatic rings. The second kappa shape index (κ2) is 11.4. The maximum absolute atomic E-state index is 14.8. The lowest BCUT2D eigenvalue weighted by molar-refractivity contribution is 0.0194. The zero-order valence-corrected chi connectivity index (χ0v) is 24.3. The number of pyridine rings is 1. The number of nitrogens with zero attached hydrogens (tertiary/aromatic N) is 6. The molecule has 218 valence electrons. The summed E-state index contributed by atoms with van der Waals surface area (Å²) >= 11 is 0. The molecule has 1 N–H and O–H groups in total. The van der Waals surface area contributed by atoms with Crippen LogP contribution in [0.15, 0.2) is 30.6 Å². The van der Waals surface area contributed by atoms with Crippen molar-refractivity contribution >= 4 is 43.9 Å². The van der Waals surface area contributed by atoms with Crippen LogP contribution in [0.5, 0.6) is 0 Å². The second-order valence-corrected chi connectivity index (χ2v) is 13.4. The van der Waals surface area contributed by atoms with Crippen molar-refractivity contribution < 1.29 is 21.7 Å². The van der Waals surface area contributed by atoms with Crippen LogP contribution >= 0.6 is 0 Å². The maximum atomic E-state index is 14.8. The summed E-state index contributed by atoms with van der Waals surface area (Å²) in [5, 5.41) is 15.0. The average Bonchev–Trinajstić information content (AvgIpc) is 2.94. The van der Waals surface area contributed by atoms with E-state index in [-0.39, 0.29) is 36.6 Å². The Kier molecular flexibility index (Phi) is 6.98. The molecule has 2 aromatic heterocycles. The topological polar surface area (TPSA) is 124 Å². The van der Waals surface area contributed by atoms with Crippen LogP contribution in [0, 0.1) is 17.2 Å². The Labute approximate surface area is 244 Å². The normalized spacial score (nSPS) is 24.4. The van der Waals surface area contributed by atoms with Crippen LogP contribution < -0.4 is 15.1 Å². The van der Waals surface area contributed by atoms with Crippen LogP contribution in [0.4, 0.5) is 27.7 Å². The minimum atomic E-state index is -3.13. The Morgan fingerprint density at radius 1 is 1.27 bits per heavy atom. The highest BCUT2D eigenvalue weighted by atomic mass is 32.2. The number of fused-ring (bicyclic) bond motifs is 1. The fourth-order valence-electron chi connectivity index (χ4n) is 5.73. The number of benzene rings is 1. The third-order valence-corrected chi connectivity index (χ3v) is 9.03. The van der Waals surface area contributed by atoms with Gasteiger partial charge in [0.05, 0.1) is 33.8 Å². The Hall–Kier alpha value is -3.56. The number of ether oxygens (including phenoxy) is 1. The van der Waals surface area contributed by atoms with Gasteiger partial charge in [0.1, 0.15) is 33.7 Å². The van der Waals surface area contributed by atoms with Crippen LogP contribution in [0.3, 0.4) is 0 Å². The zero-order chi connectivity index (χ0) is 32.0. The first-order valence-electron chi connectivity index (χ1n) is 15.1. The predicted octanol–water partition coefficient (Wildman–Crippen LogP) is 4.20. The van der Waals surface area contributed by atoms with Crippen LogP contribution in [-0.2, 0) is 14.6 Å². The Balaban J connectivity index is 1.41. The molecule has 0 radical (unpaired) electrons. The van der Waals surface area contributed by atoms with Gasteiger partial charge in [-0.05, 0) is 48.4 Å². The monoisotopic (exact) mass is 584 g/mol. The van der Waals surface area contributed by atoms with Gasteiger partial charge < -0.3 is 19.9 Å². The van der Waals surface area contributed by atoms with Gasteiger partial charge in [-0.25, -0.2) is 22.8 Å². The van der Waals surface area contributed by atoms with Crippen molar-refractivity contribution in [1.82, 2.24) is 15.0 Å². The molecule has 4 atom stereocenters. The van der Waals surface area contributed by atoms with Crippen LogP contribution in [0.2, 0.25) is 0 Å². The molecular weight excluding hydrogens is 545 g/mol. The van der Waals surface area contributed by atoms with Gasteiger partial charge in [-0.15, -0.1) is 0 Å². The SMILES string of the molecule is [2H]C([2H])([2H])O[C@@H]1CCN(c2nccc(Nc3cc4c(C(C)C)cc(C#N)c(N5C[C@H](CS(C)(=O)=O)[C@H]5C)c4cn3)n2)C[C@@H]1F. The number of nitriles is 1. The number of methoxy groups -OCH3 is 1. The molecule has 2 fully saturated rings. The lowest BCUT2D eigenvalue weighted by Gasteiger charge is -2.48. The third kappa shape index (κ3) is 5.92. The van der Waals surface area contributed by atoms with Crippen LogP contribution in [-0.4, -0.2) is 80.4 Å². The van der Waals surface area contributed by atoms with E-state index in [2.05, 4.69) is 45.1 Å². The first-order valence-corrected chi connectivity index (χ1v) is 15.7. The number of hydrogen-bond acceptors (Lipinski definition) is 10. The molecule has 10 nitrogen and oxygen atoms in total. The van der Waals surface area contributed by atoms with E-state index in [0.717, 1.165) is 22.0 Å². The van der Waals surface area contributed by atoms with Crippen molar-refractivity contribution in [2.45, 2.75) is 51.4 Å². The summed E-state index contributed by atoms with van der Waals surface area (Å²) in [5.41, 5.74) is 2.25. The first kappa shape index (κ1) is 25.2. The summed E-state index contributed by atoms with van der Waals surface area (Å²) in [6, 6.07) is 7.76. The quantitative estimate of drug-likeness (QED) is 0.412. The molecule has 3 aromatic rings. The summed E-state index contributed by atoms with van der Waals surface area (Å²) in [6.45, 7) is 6.85. The molecule has 0 spiro atoms. The van der Waals surface area contributed by atoms with Crippen molar-refractivity contribution in [3.05, 3.63) is 41.7 Å². The second-order valence-electron chi connectivity index (χ2n) is 11.3. The molecule has 2 aliphatic heterocycles. The van der Waals surface area contributed by atoms with Gasteiger partial charge in [0.2, 0.25) is 5.95 Å². The summed E-state index contributed by atoms with van der Waals surface area (Å²) in [4.78, 5) is 17.2. The zero-order valence-electron chi connectivity index (χ0n) is 26.5. The van der Waals surface area contributed by atoms with Gasteiger partial charge in [0, 0.05) is 56.1 Å². The van der Waals surface area contributed by atoms with E-state index in [4.69, 9.17) is 8.85 Å². The first-order chi connectivity index (χ1) is 20.6. The molecule has 2 saturated heterocycles. The highest BCUT2D eigenvalue weighted by Crippen LogP contribution is 2.42. The largest absolute Gasteiger partial charge is 0.378 e. The summed E-state index contributed by atoms with van der Waals surface area (Å²) in [6.07, 6.45) is 2.17. The molecule has 12 heteroatoms. The van der Waals surface area contributed by atoms with Crippen molar-refractivity contribution in [3.8, 4) is 6.07 Å². The summed E-state index contributed by atoms with van der Waals surface area (Å²) < 4.78 is 65.3. The molecule has 5 rings (SSSR count).